The van der Waals surface area contributed by atoms with E-state index in [-0.39, 0.29) is 0 Å². The first-order valence-electron chi connectivity index (χ1n) is 6.85. The lowest BCUT2D eigenvalue weighted by atomic mass is 9.94. The lowest BCUT2D eigenvalue weighted by molar-refractivity contribution is 0.177. The minimum Gasteiger partial charge on any atom is -0.313 e. The molecule has 1 aromatic carbocycles. The largest absolute Gasteiger partial charge is 0.313 e. The first kappa shape index (κ1) is 13.9. The summed E-state index contributed by atoms with van der Waals surface area (Å²) in [5, 5.41) is 3.71. The zero-order chi connectivity index (χ0) is 12.8. The number of hydrogen-bond donors (Lipinski definition) is 1. The molecule has 0 aromatic heterocycles. The molecule has 1 saturated heterocycles. The van der Waals surface area contributed by atoms with E-state index in [2.05, 4.69) is 54.5 Å². The maximum Gasteiger partial charge on any atom is 0.0117 e. The number of nitrogens with one attached hydrogen (secondary N) is 1. The van der Waals surface area contributed by atoms with Crippen molar-refractivity contribution in [3.63, 3.8) is 0 Å². The quantitative estimate of drug-likeness (QED) is 0.650. The Balaban J connectivity index is 1.64. The molecule has 0 spiro atoms. The van der Waals surface area contributed by atoms with Gasteiger partial charge in [0.2, 0.25) is 0 Å². The molecule has 100 valence electrons. The lowest BCUT2D eigenvalue weighted by Gasteiger charge is -2.35. The SMILES string of the molecule is CC1CN(C)CCC1NCCSc1ccccc1. The van der Waals surface area contributed by atoms with Crippen molar-refractivity contribution >= 4 is 11.8 Å². The number of hydrogen-bond acceptors (Lipinski definition) is 3. The monoisotopic (exact) mass is 264 g/mol. The third kappa shape index (κ3) is 4.30. The van der Waals surface area contributed by atoms with E-state index in [4.69, 9.17) is 0 Å². The third-order valence-electron chi connectivity index (χ3n) is 3.63. The van der Waals surface area contributed by atoms with Crippen molar-refractivity contribution in [3.05, 3.63) is 30.3 Å². The van der Waals surface area contributed by atoms with Crippen molar-refractivity contribution in [1.29, 1.82) is 0 Å². The minimum absolute atomic E-state index is 0.706. The van der Waals surface area contributed by atoms with Gasteiger partial charge in [-0.3, -0.25) is 0 Å². The maximum atomic E-state index is 3.71. The number of nitrogens with zero attached hydrogens (tertiary/aromatic N) is 1. The summed E-state index contributed by atoms with van der Waals surface area (Å²) >= 11 is 1.94. The average Bonchev–Trinajstić information content (AvgIpc) is 2.38. The maximum absolute atomic E-state index is 3.71. The Bertz CT molecular complexity index is 342. The number of benzene rings is 1. The molecule has 2 atom stereocenters. The van der Waals surface area contributed by atoms with Crippen LogP contribution in [-0.2, 0) is 0 Å². The molecule has 2 nitrogen and oxygen atoms in total. The highest BCUT2D eigenvalue weighted by atomic mass is 32.2. The van der Waals surface area contributed by atoms with Crippen molar-refractivity contribution in [2.24, 2.45) is 5.92 Å². The van der Waals surface area contributed by atoms with Gasteiger partial charge in [0, 0.05) is 29.8 Å². The highest BCUT2D eigenvalue weighted by molar-refractivity contribution is 7.99. The van der Waals surface area contributed by atoms with Gasteiger partial charge in [-0.25, -0.2) is 0 Å². The number of likely N-dealkylation sites (tertiary alicyclic amines) is 1. The molecule has 2 rings (SSSR count). The van der Waals surface area contributed by atoms with Gasteiger partial charge in [0.15, 0.2) is 0 Å². The predicted octanol–water partition coefficient (Wildman–Crippen LogP) is 2.71. The van der Waals surface area contributed by atoms with Crippen LogP contribution in [-0.4, -0.2) is 43.4 Å². The van der Waals surface area contributed by atoms with Crippen LogP contribution in [0.5, 0.6) is 0 Å². The first-order valence-corrected chi connectivity index (χ1v) is 7.84. The molecule has 1 aliphatic rings. The summed E-state index contributed by atoms with van der Waals surface area (Å²) in [4.78, 5) is 3.80. The van der Waals surface area contributed by atoms with Gasteiger partial charge in [-0.1, -0.05) is 25.1 Å². The van der Waals surface area contributed by atoms with Crippen LogP contribution in [0.4, 0.5) is 0 Å². The number of piperidine rings is 1. The summed E-state index contributed by atoms with van der Waals surface area (Å²) in [7, 11) is 2.22. The lowest BCUT2D eigenvalue weighted by Crippen LogP contribution is -2.47. The second-order valence-corrected chi connectivity index (χ2v) is 6.42. The highest BCUT2D eigenvalue weighted by Crippen LogP contribution is 2.18. The van der Waals surface area contributed by atoms with Crippen LogP contribution >= 0.6 is 11.8 Å². The molecule has 1 heterocycles. The third-order valence-corrected chi connectivity index (χ3v) is 4.64. The summed E-state index contributed by atoms with van der Waals surface area (Å²) in [5.41, 5.74) is 0. The molecule has 1 N–H and O–H groups in total. The van der Waals surface area contributed by atoms with E-state index in [9.17, 15) is 0 Å². The smallest absolute Gasteiger partial charge is 0.0117 e. The van der Waals surface area contributed by atoms with Crippen molar-refractivity contribution in [2.45, 2.75) is 24.3 Å². The van der Waals surface area contributed by atoms with Gasteiger partial charge >= 0.3 is 0 Å². The van der Waals surface area contributed by atoms with Crippen LogP contribution in [0.1, 0.15) is 13.3 Å². The van der Waals surface area contributed by atoms with Crippen LogP contribution in [0.15, 0.2) is 35.2 Å². The molecule has 0 radical (unpaired) electrons. The van der Waals surface area contributed by atoms with Crippen LogP contribution in [0.25, 0.3) is 0 Å². The fraction of sp³-hybridized carbons (Fsp3) is 0.600. The summed E-state index contributed by atoms with van der Waals surface area (Å²) < 4.78 is 0. The number of thioether (sulfide) groups is 1. The van der Waals surface area contributed by atoms with Crippen LogP contribution < -0.4 is 5.32 Å². The fourth-order valence-corrected chi connectivity index (χ4v) is 3.39. The van der Waals surface area contributed by atoms with E-state index in [0.717, 1.165) is 18.2 Å². The van der Waals surface area contributed by atoms with Gasteiger partial charge in [-0.15, -0.1) is 11.8 Å². The topological polar surface area (TPSA) is 15.3 Å². The van der Waals surface area contributed by atoms with Gasteiger partial charge in [0.1, 0.15) is 0 Å². The Morgan fingerprint density at radius 2 is 2.11 bits per heavy atom. The average molecular weight is 264 g/mol. The van der Waals surface area contributed by atoms with Gasteiger partial charge < -0.3 is 10.2 Å². The molecule has 3 heteroatoms. The Morgan fingerprint density at radius 1 is 1.33 bits per heavy atom. The predicted molar refractivity (Wildman–Crippen MR) is 80.2 cm³/mol. The van der Waals surface area contributed by atoms with Gasteiger partial charge in [0.05, 0.1) is 0 Å². The fourth-order valence-electron chi connectivity index (χ4n) is 2.59. The Hall–Kier alpha value is -0.510. The summed E-state index contributed by atoms with van der Waals surface area (Å²) in [6.07, 6.45) is 1.29. The Morgan fingerprint density at radius 3 is 2.83 bits per heavy atom. The standard InChI is InChI=1S/C15H24N2S/c1-13-12-17(2)10-8-15(13)16-9-11-18-14-6-4-3-5-7-14/h3-7,13,15-16H,8-12H2,1-2H3. The van der Waals surface area contributed by atoms with Gasteiger partial charge in [-0.2, -0.15) is 0 Å². The molecule has 1 fully saturated rings. The van der Waals surface area contributed by atoms with E-state index in [1.165, 1.54) is 24.4 Å². The second kappa shape index (κ2) is 7.17. The molecule has 1 aromatic rings. The van der Waals surface area contributed by atoms with Gasteiger partial charge in [0.25, 0.3) is 0 Å². The molecule has 1 aliphatic heterocycles. The summed E-state index contributed by atoms with van der Waals surface area (Å²) in [5.74, 6) is 1.92. The molecule has 0 aliphatic carbocycles. The molecular weight excluding hydrogens is 240 g/mol. The summed E-state index contributed by atoms with van der Waals surface area (Å²) in [6.45, 7) is 5.92. The molecule has 0 saturated carbocycles. The molecule has 2 unspecified atom stereocenters. The van der Waals surface area contributed by atoms with Crippen molar-refractivity contribution in [1.82, 2.24) is 10.2 Å². The van der Waals surface area contributed by atoms with E-state index in [0.29, 0.717) is 6.04 Å². The van der Waals surface area contributed by atoms with Crippen molar-refractivity contribution in [3.8, 4) is 0 Å². The zero-order valence-corrected chi connectivity index (χ0v) is 12.2. The first-order chi connectivity index (χ1) is 8.75. The molecular formula is C15H24N2S. The zero-order valence-electron chi connectivity index (χ0n) is 11.4. The van der Waals surface area contributed by atoms with Crippen molar-refractivity contribution in [2.75, 3.05) is 32.4 Å². The summed E-state index contributed by atoms with van der Waals surface area (Å²) in [6, 6.07) is 11.4. The molecule has 18 heavy (non-hydrogen) atoms. The Labute approximate surface area is 115 Å². The normalized spacial score (nSPS) is 25.2. The van der Waals surface area contributed by atoms with E-state index in [1.54, 1.807) is 0 Å². The Kier molecular flexibility index (Phi) is 5.54. The van der Waals surface area contributed by atoms with Gasteiger partial charge in [-0.05, 0) is 38.1 Å². The molecule has 0 amide bonds. The van der Waals surface area contributed by atoms with Crippen molar-refractivity contribution < 1.29 is 0 Å². The van der Waals surface area contributed by atoms with E-state index >= 15 is 0 Å². The molecule has 0 bridgehead atoms. The van der Waals surface area contributed by atoms with Crippen LogP contribution in [0, 0.1) is 5.92 Å². The highest BCUT2D eigenvalue weighted by Gasteiger charge is 2.23. The van der Waals surface area contributed by atoms with E-state index in [1.807, 2.05) is 11.8 Å². The van der Waals surface area contributed by atoms with Crippen LogP contribution in [0.3, 0.4) is 0 Å². The van der Waals surface area contributed by atoms with Crippen LogP contribution in [0.2, 0.25) is 0 Å². The van der Waals surface area contributed by atoms with E-state index < -0.39 is 0 Å². The second-order valence-electron chi connectivity index (χ2n) is 5.25. The number of rotatable bonds is 5. The minimum atomic E-state index is 0.706.